The van der Waals surface area contributed by atoms with Crippen LogP contribution in [0.2, 0.25) is 0 Å². The average molecular weight is 295 g/mol. The quantitative estimate of drug-likeness (QED) is 0.549. The first-order valence-corrected chi connectivity index (χ1v) is 9.10. The first-order chi connectivity index (χ1) is 10.9. The second-order valence-corrected chi connectivity index (χ2v) is 6.90. The Hall–Kier alpha value is -1.50. The van der Waals surface area contributed by atoms with E-state index in [0.29, 0.717) is 0 Å². The van der Waals surface area contributed by atoms with Crippen molar-refractivity contribution in [3.05, 3.63) is 54.4 Å². The van der Waals surface area contributed by atoms with E-state index in [-0.39, 0.29) is 0 Å². The summed E-state index contributed by atoms with van der Waals surface area (Å²) >= 11 is 0. The van der Waals surface area contributed by atoms with Gasteiger partial charge in [0.05, 0.1) is 0 Å². The Balaban J connectivity index is 1.53. The molecule has 0 aliphatic heterocycles. The first-order valence-electron chi connectivity index (χ1n) is 9.10. The van der Waals surface area contributed by atoms with E-state index in [9.17, 15) is 0 Å². The molecule has 1 aliphatic carbocycles. The van der Waals surface area contributed by atoms with Gasteiger partial charge in [-0.3, -0.25) is 0 Å². The molecule has 1 nitrogen and oxygen atoms in total. The van der Waals surface area contributed by atoms with Gasteiger partial charge in [-0.05, 0) is 67.3 Å². The fourth-order valence-corrected chi connectivity index (χ4v) is 3.89. The highest BCUT2D eigenvalue weighted by Gasteiger charge is 2.21. The summed E-state index contributed by atoms with van der Waals surface area (Å²) in [6, 6.07) is 13.4. The molecule has 22 heavy (non-hydrogen) atoms. The molecule has 1 saturated carbocycles. The highest BCUT2D eigenvalue weighted by atomic mass is 14.9. The van der Waals surface area contributed by atoms with Crippen LogP contribution in [-0.4, -0.2) is 4.57 Å². The molecule has 0 saturated heterocycles. The number of rotatable bonds is 6. The number of benzene rings is 1. The van der Waals surface area contributed by atoms with Gasteiger partial charge in [0.15, 0.2) is 0 Å². The van der Waals surface area contributed by atoms with E-state index < -0.39 is 0 Å². The SMILES string of the molecule is CCCCCC1CCC(c2ccc(-n3cccc3)cc2)CC1. The van der Waals surface area contributed by atoms with Crippen LogP contribution in [0, 0.1) is 5.92 Å². The van der Waals surface area contributed by atoms with Crippen molar-refractivity contribution in [3.8, 4) is 5.69 Å². The second kappa shape index (κ2) is 7.67. The topological polar surface area (TPSA) is 4.93 Å². The molecule has 0 amide bonds. The molecule has 118 valence electrons. The van der Waals surface area contributed by atoms with Gasteiger partial charge in [0, 0.05) is 18.1 Å². The standard InChI is InChI=1S/C21H29N/c1-2-3-4-7-18-8-10-19(11-9-18)20-12-14-21(15-13-20)22-16-5-6-17-22/h5-6,12-19H,2-4,7-11H2,1H3. The van der Waals surface area contributed by atoms with Crippen LogP contribution in [0.4, 0.5) is 0 Å². The van der Waals surface area contributed by atoms with Crippen LogP contribution >= 0.6 is 0 Å². The zero-order chi connectivity index (χ0) is 15.2. The van der Waals surface area contributed by atoms with Crippen LogP contribution in [0.5, 0.6) is 0 Å². The highest BCUT2D eigenvalue weighted by Crippen LogP contribution is 2.37. The molecule has 1 aromatic carbocycles. The maximum Gasteiger partial charge on any atom is 0.0449 e. The van der Waals surface area contributed by atoms with Crippen molar-refractivity contribution in [3.63, 3.8) is 0 Å². The van der Waals surface area contributed by atoms with Gasteiger partial charge < -0.3 is 4.57 Å². The molecule has 1 fully saturated rings. The molecule has 0 N–H and O–H groups in total. The monoisotopic (exact) mass is 295 g/mol. The lowest BCUT2D eigenvalue weighted by Gasteiger charge is -2.29. The minimum Gasteiger partial charge on any atom is -0.324 e. The van der Waals surface area contributed by atoms with Gasteiger partial charge in [-0.25, -0.2) is 0 Å². The van der Waals surface area contributed by atoms with Gasteiger partial charge in [0.2, 0.25) is 0 Å². The van der Waals surface area contributed by atoms with Gasteiger partial charge in [-0.1, -0.05) is 44.7 Å². The van der Waals surface area contributed by atoms with E-state index in [1.165, 1.54) is 57.1 Å². The summed E-state index contributed by atoms with van der Waals surface area (Å²) < 4.78 is 2.18. The van der Waals surface area contributed by atoms with Gasteiger partial charge in [0.25, 0.3) is 0 Å². The van der Waals surface area contributed by atoms with Crippen LogP contribution in [0.25, 0.3) is 5.69 Å². The Morgan fingerprint density at radius 2 is 1.59 bits per heavy atom. The minimum atomic E-state index is 0.793. The largest absolute Gasteiger partial charge is 0.324 e. The van der Waals surface area contributed by atoms with Crippen molar-refractivity contribution in [2.45, 2.75) is 64.2 Å². The Labute approximate surface area is 135 Å². The van der Waals surface area contributed by atoms with E-state index >= 15 is 0 Å². The molecule has 1 heterocycles. The summed E-state index contributed by atoms with van der Waals surface area (Å²) in [4.78, 5) is 0. The molecule has 0 spiro atoms. The first kappa shape index (κ1) is 15.4. The maximum absolute atomic E-state index is 2.34. The summed E-state index contributed by atoms with van der Waals surface area (Å²) in [5.41, 5.74) is 2.81. The van der Waals surface area contributed by atoms with E-state index in [2.05, 4.69) is 60.3 Å². The normalized spacial score (nSPS) is 21.9. The summed E-state index contributed by atoms with van der Waals surface area (Å²) in [5.74, 6) is 1.79. The predicted octanol–water partition coefficient (Wildman–Crippen LogP) is 6.33. The Kier molecular flexibility index (Phi) is 5.37. The van der Waals surface area contributed by atoms with E-state index in [4.69, 9.17) is 0 Å². The van der Waals surface area contributed by atoms with Crippen molar-refractivity contribution >= 4 is 0 Å². The fourth-order valence-electron chi connectivity index (χ4n) is 3.89. The molecule has 1 aromatic heterocycles. The van der Waals surface area contributed by atoms with Crippen LogP contribution in [0.3, 0.4) is 0 Å². The Morgan fingerprint density at radius 3 is 2.23 bits per heavy atom. The third-order valence-electron chi connectivity index (χ3n) is 5.33. The van der Waals surface area contributed by atoms with Crippen molar-refractivity contribution < 1.29 is 0 Å². The maximum atomic E-state index is 2.34. The lowest BCUT2D eigenvalue weighted by atomic mass is 9.77. The van der Waals surface area contributed by atoms with E-state index in [1.807, 2.05) is 0 Å². The molecular weight excluding hydrogens is 266 g/mol. The van der Waals surface area contributed by atoms with E-state index in [0.717, 1.165) is 11.8 Å². The second-order valence-electron chi connectivity index (χ2n) is 6.90. The van der Waals surface area contributed by atoms with Gasteiger partial charge in [-0.2, -0.15) is 0 Å². The fraction of sp³-hybridized carbons (Fsp3) is 0.524. The third-order valence-corrected chi connectivity index (χ3v) is 5.33. The smallest absolute Gasteiger partial charge is 0.0449 e. The third kappa shape index (κ3) is 3.82. The highest BCUT2D eigenvalue weighted by molar-refractivity contribution is 5.36. The average Bonchev–Trinajstić information content (AvgIpc) is 3.11. The predicted molar refractivity (Wildman–Crippen MR) is 94.6 cm³/mol. The summed E-state index contributed by atoms with van der Waals surface area (Å²) in [6.07, 6.45) is 15.5. The Bertz CT molecular complexity index is 530. The molecule has 0 radical (unpaired) electrons. The molecule has 2 aromatic rings. The van der Waals surface area contributed by atoms with Gasteiger partial charge in [-0.15, -0.1) is 0 Å². The summed E-state index contributed by atoms with van der Waals surface area (Å²) in [7, 11) is 0. The van der Waals surface area contributed by atoms with Gasteiger partial charge >= 0.3 is 0 Å². The minimum absolute atomic E-state index is 0.793. The molecule has 1 heteroatoms. The molecule has 0 atom stereocenters. The number of nitrogens with zero attached hydrogens (tertiary/aromatic N) is 1. The summed E-state index contributed by atoms with van der Waals surface area (Å²) in [6.45, 7) is 2.30. The molecule has 0 unspecified atom stereocenters. The number of aromatic nitrogens is 1. The van der Waals surface area contributed by atoms with Crippen LogP contribution in [-0.2, 0) is 0 Å². The molecular formula is C21H29N. The van der Waals surface area contributed by atoms with Crippen molar-refractivity contribution in [2.75, 3.05) is 0 Å². The molecule has 3 rings (SSSR count). The molecule has 1 aliphatic rings. The lowest BCUT2D eigenvalue weighted by Crippen LogP contribution is -2.13. The zero-order valence-corrected chi connectivity index (χ0v) is 13.9. The van der Waals surface area contributed by atoms with Crippen LogP contribution in [0.1, 0.15) is 69.8 Å². The van der Waals surface area contributed by atoms with Gasteiger partial charge in [0.1, 0.15) is 0 Å². The van der Waals surface area contributed by atoms with Crippen molar-refractivity contribution in [1.29, 1.82) is 0 Å². The Morgan fingerprint density at radius 1 is 0.909 bits per heavy atom. The van der Waals surface area contributed by atoms with Crippen molar-refractivity contribution in [1.82, 2.24) is 4.57 Å². The van der Waals surface area contributed by atoms with Crippen molar-refractivity contribution in [2.24, 2.45) is 5.92 Å². The number of hydrogen-bond acceptors (Lipinski definition) is 0. The number of unbranched alkanes of at least 4 members (excludes halogenated alkanes) is 2. The summed E-state index contributed by atoms with van der Waals surface area (Å²) in [5, 5.41) is 0. The zero-order valence-electron chi connectivity index (χ0n) is 13.9. The molecule has 0 bridgehead atoms. The van der Waals surface area contributed by atoms with E-state index in [1.54, 1.807) is 5.56 Å². The lowest BCUT2D eigenvalue weighted by molar-refractivity contribution is 0.303. The van der Waals surface area contributed by atoms with Crippen LogP contribution < -0.4 is 0 Å². The number of hydrogen-bond donors (Lipinski definition) is 0. The van der Waals surface area contributed by atoms with Crippen LogP contribution in [0.15, 0.2) is 48.8 Å².